The molecule has 0 bridgehead atoms. The van der Waals surface area contributed by atoms with Crippen LogP contribution in [0.5, 0.6) is 5.75 Å². The zero-order valence-electron chi connectivity index (χ0n) is 13.8. The Hall–Kier alpha value is -1.86. The van der Waals surface area contributed by atoms with E-state index in [9.17, 15) is 4.79 Å². The van der Waals surface area contributed by atoms with Gasteiger partial charge in [-0.3, -0.25) is 4.79 Å². The van der Waals surface area contributed by atoms with Crippen LogP contribution in [0.15, 0.2) is 34.8 Å². The summed E-state index contributed by atoms with van der Waals surface area (Å²) in [7, 11) is 0. The Morgan fingerprint density at radius 2 is 1.88 bits per heavy atom. The molecule has 25 heavy (non-hydrogen) atoms. The molecule has 1 fully saturated rings. The van der Waals surface area contributed by atoms with E-state index in [1.165, 1.54) is 0 Å². The Bertz CT molecular complexity index is 729. The van der Waals surface area contributed by atoms with Crippen LogP contribution in [0, 0.1) is 6.92 Å². The van der Waals surface area contributed by atoms with Crippen molar-refractivity contribution >= 4 is 39.3 Å². The van der Waals surface area contributed by atoms with E-state index in [0.29, 0.717) is 42.9 Å². The highest BCUT2D eigenvalue weighted by Gasteiger charge is 2.22. The number of carbonyl (C=O) groups is 1. The first-order valence-corrected chi connectivity index (χ1v) is 9.10. The zero-order chi connectivity index (χ0) is 17.8. The molecule has 6 nitrogen and oxygen atoms in total. The van der Waals surface area contributed by atoms with Crippen molar-refractivity contribution in [2.24, 2.45) is 0 Å². The van der Waals surface area contributed by atoms with Crippen LogP contribution in [0.4, 0.5) is 5.82 Å². The molecule has 0 aliphatic carbocycles. The lowest BCUT2D eigenvalue weighted by molar-refractivity contribution is -0.133. The van der Waals surface area contributed by atoms with Crippen molar-refractivity contribution in [1.29, 1.82) is 0 Å². The van der Waals surface area contributed by atoms with Gasteiger partial charge in [0.15, 0.2) is 6.61 Å². The molecule has 1 aliphatic heterocycles. The topological polar surface area (TPSA) is 58.6 Å². The third-order valence-electron chi connectivity index (χ3n) is 3.93. The molecule has 0 atom stereocenters. The van der Waals surface area contributed by atoms with E-state index in [4.69, 9.17) is 16.3 Å². The number of anilines is 1. The lowest BCUT2D eigenvalue weighted by Crippen LogP contribution is -2.50. The molecule has 0 unspecified atom stereocenters. The van der Waals surface area contributed by atoms with Crippen LogP contribution in [0.1, 0.15) is 5.82 Å². The SMILES string of the molecule is Cc1nc(Cl)cc(N2CCN(C(=O)COc3ccc(Br)cc3)CC2)n1. The first-order chi connectivity index (χ1) is 12.0. The van der Waals surface area contributed by atoms with Crippen molar-refractivity contribution in [3.05, 3.63) is 45.8 Å². The predicted molar refractivity (Wildman–Crippen MR) is 100 cm³/mol. The first-order valence-electron chi connectivity index (χ1n) is 7.93. The summed E-state index contributed by atoms with van der Waals surface area (Å²) in [5.41, 5.74) is 0. The van der Waals surface area contributed by atoms with Gasteiger partial charge in [-0.05, 0) is 31.2 Å². The van der Waals surface area contributed by atoms with Crippen molar-refractivity contribution in [2.45, 2.75) is 6.92 Å². The molecule has 1 saturated heterocycles. The van der Waals surface area contributed by atoms with Crippen LogP contribution in [0.25, 0.3) is 0 Å². The van der Waals surface area contributed by atoms with Gasteiger partial charge in [-0.25, -0.2) is 9.97 Å². The summed E-state index contributed by atoms with van der Waals surface area (Å²) in [6, 6.07) is 9.18. The maximum Gasteiger partial charge on any atom is 0.260 e. The Morgan fingerprint density at radius 1 is 1.20 bits per heavy atom. The molecule has 1 aromatic heterocycles. The number of hydrogen-bond acceptors (Lipinski definition) is 5. The normalized spacial score (nSPS) is 14.5. The molecule has 0 spiro atoms. The lowest BCUT2D eigenvalue weighted by atomic mass is 10.3. The maximum atomic E-state index is 12.3. The van der Waals surface area contributed by atoms with Gasteiger partial charge in [0.25, 0.3) is 5.91 Å². The van der Waals surface area contributed by atoms with Gasteiger partial charge in [0.2, 0.25) is 0 Å². The average Bonchev–Trinajstić information content (AvgIpc) is 2.60. The van der Waals surface area contributed by atoms with Crippen LogP contribution in [0.3, 0.4) is 0 Å². The van der Waals surface area contributed by atoms with Crippen molar-refractivity contribution in [3.8, 4) is 5.75 Å². The van der Waals surface area contributed by atoms with E-state index in [1.807, 2.05) is 36.1 Å². The van der Waals surface area contributed by atoms with Crippen LogP contribution in [-0.4, -0.2) is 53.6 Å². The quantitative estimate of drug-likeness (QED) is 0.705. The van der Waals surface area contributed by atoms with Gasteiger partial charge in [-0.15, -0.1) is 0 Å². The van der Waals surface area contributed by atoms with E-state index in [2.05, 4.69) is 30.8 Å². The van der Waals surface area contributed by atoms with Gasteiger partial charge in [-0.2, -0.15) is 0 Å². The lowest BCUT2D eigenvalue weighted by Gasteiger charge is -2.35. The molecule has 1 aromatic carbocycles. The summed E-state index contributed by atoms with van der Waals surface area (Å²) >= 11 is 9.36. The summed E-state index contributed by atoms with van der Waals surface area (Å²) in [5, 5.41) is 0.434. The molecule has 8 heteroatoms. The van der Waals surface area contributed by atoms with E-state index < -0.39 is 0 Å². The molecule has 0 N–H and O–H groups in total. The Kier molecular flexibility index (Phi) is 5.75. The third-order valence-corrected chi connectivity index (χ3v) is 4.65. The molecule has 0 radical (unpaired) electrons. The van der Waals surface area contributed by atoms with Crippen molar-refractivity contribution < 1.29 is 9.53 Å². The average molecular weight is 426 g/mol. The van der Waals surface area contributed by atoms with Crippen LogP contribution in [-0.2, 0) is 4.79 Å². The Morgan fingerprint density at radius 3 is 2.52 bits per heavy atom. The molecular formula is C17H18BrClN4O2. The number of rotatable bonds is 4. The van der Waals surface area contributed by atoms with Crippen LogP contribution < -0.4 is 9.64 Å². The molecule has 1 amide bonds. The van der Waals surface area contributed by atoms with Crippen LogP contribution >= 0.6 is 27.5 Å². The number of ether oxygens (including phenoxy) is 1. The second-order valence-electron chi connectivity index (χ2n) is 5.71. The van der Waals surface area contributed by atoms with Crippen LogP contribution in [0.2, 0.25) is 5.15 Å². The highest BCUT2D eigenvalue weighted by Crippen LogP contribution is 2.18. The molecule has 0 saturated carbocycles. The summed E-state index contributed by atoms with van der Waals surface area (Å²) in [6.45, 7) is 4.52. The van der Waals surface area contributed by atoms with Gasteiger partial charge in [0, 0.05) is 36.7 Å². The number of aromatic nitrogens is 2. The minimum Gasteiger partial charge on any atom is -0.484 e. The van der Waals surface area contributed by atoms with Crippen molar-refractivity contribution in [3.63, 3.8) is 0 Å². The zero-order valence-corrected chi connectivity index (χ0v) is 16.1. The number of aryl methyl sites for hydroxylation is 1. The number of piperazine rings is 1. The van der Waals surface area contributed by atoms with E-state index >= 15 is 0 Å². The van der Waals surface area contributed by atoms with Gasteiger partial charge >= 0.3 is 0 Å². The molecule has 1 aliphatic rings. The Labute approximate surface area is 159 Å². The minimum atomic E-state index is -0.0144. The largest absolute Gasteiger partial charge is 0.484 e. The second kappa shape index (κ2) is 8.01. The fraction of sp³-hybridized carbons (Fsp3) is 0.353. The Balaban J connectivity index is 1.51. The van der Waals surface area contributed by atoms with Gasteiger partial charge in [-0.1, -0.05) is 27.5 Å². The fourth-order valence-corrected chi connectivity index (χ4v) is 3.11. The highest BCUT2D eigenvalue weighted by atomic mass is 79.9. The summed E-state index contributed by atoms with van der Waals surface area (Å²) < 4.78 is 6.53. The van der Waals surface area contributed by atoms with Gasteiger partial charge in [0.05, 0.1) is 0 Å². The predicted octanol–water partition coefficient (Wildman–Crippen LogP) is 2.93. The van der Waals surface area contributed by atoms with Crippen molar-refractivity contribution in [1.82, 2.24) is 14.9 Å². The summed E-state index contributed by atoms with van der Waals surface area (Å²) in [6.07, 6.45) is 0. The standard InChI is InChI=1S/C17H18BrClN4O2/c1-12-20-15(19)10-16(21-12)22-6-8-23(9-7-22)17(24)11-25-14-4-2-13(18)3-5-14/h2-5,10H,6-9,11H2,1H3. The molecule has 132 valence electrons. The number of halogens is 2. The maximum absolute atomic E-state index is 12.3. The monoisotopic (exact) mass is 424 g/mol. The smallest absolute Gasteiger partial charge is 0.260 e. The minimum absolute atomic E-state index is 0.0144. The fourth-order valence-electron chi connectivity index (χ4n) is 2.63. The number of nitrogens with zero attached hydrogens (tertiary/aromatic N) is 4. The molecule has 2 heterocycles. The summed E-state index contributed by atoms with van der Waals surface area (Å²) in [5.74, 6) is 2.11. The molecule has 2 aromatic rings. The molecule has 3 rings (SSSR count). The summed E-state index contributed by atoms with van der Waals surface area (Å²) in [4.78, 5) is 24.7. The molecular weight excluding hydrogens is 408 g/mol. The van der Waals surface area contributed by atoms with E-state index in [1.54, 1.807) is 6.07 Å². The third kappa shape index (κ3) is 4.83. The van der Waals surface area contributed by atoms with Gasteiger partial charge < -0.3 is 14.5 Å². The number of benzene rings is 1. The van der Waals surface area contributed by atoms with Crippen molar-refractivity contribution in [2.75, 3.05) is 37.7 Å². The van der Waals surface area contributed by atoms with E-state index in [-0.39, 0.29) is 12.5 Å². The number of carbonyl (C=O) groups excluding carboxylic acids is 1. The number of amides is 1. The highest BCUT2D eigenvalue weighted by molar-refractivity contribution is 9.10. The first kappa shape index (κ1) is 17.9. The second-order valence-corrected chi connectivity index (χ2v) is 7.01. The number of hydrogen-bond donors (Lipinski definition) is 0. The van der Waals surface area contributed by atoms with E-state index in [0.717, 1.165) is 10.3 Å². The van der Waals surface area contributed by atoms with Gasteiger partial charge in [0.1, 0.15) is 22.5 Å².